The van der Waals surface area contributed by atoms with E-state index in [0.29, 0.717) is 17.3 Å². The van der Waals surface area contributed by atoms with Crippen molar-refractivity contribution >= 4 is 46.0 Å². The van der Waals surface area contributed by atoms with Gasteiger partial charge in [0.2, 0.25) is 0 Å². The Morgan fingerprint density at radius 1 is 1.09 bits per heavy atom. The number of fused-ring (bicyclic) bond motifs is 1. The minimum atomic E-state index is -0.232. The smallest absolute Gasteiger partial charge is 0.250 e. The molecule has 0 saturated heterocycles. The van der Waals surface area contributed by atoms with E-state index in [2.05, 4.69) is 15.1 Å². The molecule has 0 spiro atoms. The van der Waals surface area contributed by atoms with Gasteiger partial charge in [0.1, 0.15) is 5.75 Å². The Morgan fingerprint density at radius 2 is 1.81 bits per heavy atom. The first-order chi connectivity index (χ1) is 15.5. The van der Waals surface area contributed by atoms with Crippen molar-refractivity contribution in [1.82, 2.24) is 15.0 Å². The number of amides is 1. The summed E-state index contributed by atoms with van der Waals surface area (Å²) in [6, 6.07) is 22.2. The zero-order valence-electron chi connectivity index (χ0n) is 17.3. The lowest BCUT2D eigenvalue weighted by Crippen LogP contribution is -2.21. The average molecular weight is 465 g/mol. The average Bonchev–Trinajstić information content (AvgIpc) is 3.15. The predicted octanol–water partition coefficient (Wildman–Crippen LogP) is 5.08. The number of aromatic nitrogens is 2. The van der Waals surface area contributed by atoms with Gasteiger partial charge in [0, 0.05) is 5.02 Å². The number of imidazole rings is 1. The van der Waals surface area contributed by atoms with Crippen molar-refractivity contribution in [1.29, 1.82) is 0 Å². The highest BCUT2D eigenvalue weighted by molar-refractivity contribution is 7.99. The second kappa shape index (κ2) is 9.89. The van der Waals surface area contributed by atoms with E-state index < -0.39 is 0 Å². The molecule has 3 aromatic carbocycles. The maximum absolute atomic E-state index is 12.4. The number of carbonyl (C=O) groups is 1. The first-order valence-corrected chi connectivity index (χ1v) is 11.3. The topological polar surface area (TPSA) is 79.5 Å². The first-order valence-electron chi connectivity index (χ1n) is 9.95. The van der Waals surface area contributed by atoms with Crippen LogP contribution >= 0.6 is 23.4 Å². The molecule has 1 heterocycles. The lowest BCUT2D eigenvalue weighted by Gasteiger charge is -2.10. The van der Waals surface area contributed by atoms with Crippen molar-refractivity contribution in [2.45, 2.75) is 18.6 Å². The molecule has 1 aromatic heterocycles. The molecule has 32 heavy (non-hydrogen) atoms. The molecule has 0 aliphatic heterocycles. The molecule has 8 heteroatoms. The number of rotatable bonds is 7. The third-order valence-corrected chi connectivity index (χ3v) is 6.22. The lowest BCUT2D eigenvalue weighted by molar-refractivity contribution is -0.118. The number of hydrazone groups is 1. The fourth-order valence-electron chi connectivity index (χ4n) is 3.19. The Hall–Kier alpha value is -3.29. The molecule has 4 rings (SSSR count). The maximum Gasteiger partial charge on any atom is 0.250 e. The number of nitrogens with zero attached hydrogens (tertiary/aromatic N) is 3. The summed E-state index contributed by atoms with van der Waals surface area (Å²) in [6.45, 7) is 2.35. The minimum absolute atomic E-state index is 0.165. The van der Waals surface area contributed by atoms with Crippen molar-refractivity contribution in [3.8, 4) is 5.75 Å². The quantitative estimate of drug-likeness (QED) is 0.227. The van der Waals surface area contributed by atoms with Gasteiger partial charge < -0.3 is 9.67 Å². The van der Waals surface area contributed by atoms with Gasteiger partial charge in [-0.15, -0.1) is 0 Å². The summed E-state index contributed by atoms with van der Waals surface area (Å²) in [6.07, 6.45) is 0. The van der Waals surface area contributed by atoms with Gasteiger partial charge in [0.25, 0.3) is 5.91 Å². The number of phenolic OH excluding ortho intramolecular Hbond substituents is 1. The van der Waals surface area contributed by atoms with Crippen LogP contribution in [0.4, 0.5) is 0 Å². The fraction of sp³-hybridized carbons (Fsp3) is 0.125. The van der Waals surface area contributed by atoms with E-state index in [9.17, 15) is 9.90 Å². The summed E-state index contributed by atoms with van der Waals surface area (Å²) >= 11 is 7.72. The largest absolute Gasteiger partial charge is 0.508 e. The Morgan fingerprint density at radius 3 is 2.59 bits per heavy atom. The van der Waals surface area contributed by atoms with Gasteiger partial charge in [-0.1, -0.05) is 53.7 Å². The number of benzene rings is 3. The van der Waals surface area contributed by atoms with Crippen molar-refractivity contribution in [3.63, 3.8) is 0 Å². The van der Waals surface area contributed by atoms with Crippen LogP contribution in [0.2, 0.25) is 5.02 Å². The van der Waals surface area contributed by atoms with Crippen molar-refractivity contribution in [2.24, 2.45) is 5.10 Å². The van der Waals surface area contributed by atoms with Crippen LogP contribution in [0.15, 0.2) is 83.1 Å². The number of thioether (sulfide) groups is 1. The monoisotopic (exact) mass is 464 g/mol. The molecule has 0 saturated carbocycles. The third kappa shape index (κ3) is 5.12. The molecular weight excluding hydrogens is 444 g/mol. The van der Waals surface area contributed by atoms with Crippen LogP contribution < -0.4 is 5.43 Å². The maximum atomic E-state index is 12.4. The molecule has 0 atom stereocenters. The molecule has 162 valence electrons. The first kappa shape index (κ1) is 21.9. The number of hydrogen-bond donors (Lipinski definition) is 2. The van der Waals surface area contributed by atoms with Gasteiger partial charge >= 0.3 is 0 Å². The van der Waals surface area contributed by atoms with Crippen LogP contribution in [0.25, 0.3) is 11.0 Å². The Kier molecular flexibility index (Phi) is 6.78. The van der Waals surface area contributed by atoms with E-state index in [4.69, 9.17) is 16.6 Å². The van der Waals surface area contributed by atoms with Gasteiger partial charge in [0.05, 0.1) is 29.0 Å². The number of phenols is 1. The summed E-state index contributed by atoms with van der Waals surface area (Å²) < 4.78 is 2.07. The predicted molar refractivity (Wildman–Crippen MR) is 129 cm³/mol. The summed E-state index contributed by atoms with van der Waals surface area (Å²) in [4.78, 5) is 17.1. The summed E-state index contributed by atoms with van der Waals surface area (Å²) in [5.41, 5.74) is 6.88. The normalized spacial score (nSPS) is 11.6. The van der Waals surface area contributed by atoms with E-state index in [1.54, 1.807) is 31.2 Å². The number of para-hydroxylation sites is 2. The van der Waals surface area contributed by atoms with Gasteiger partial charge in [-0.3, -0.25) is 4.79 Å². The molecule has 1 amide bonds. The number of hydrogen-bond acceptors (Lipinski definition) is 5. The Balaban J connectivity index is 1.48. The lowest BCUT2D eigenvalue weighted by atomic mass is 10.1. The molecule has 0 fully saturated rings. The summed E-state index contributed by atoms with van der Waals surface area (Å²) in [5.74, 6) is 0.115. The van der Waals surface area contributed by atoms with E-state index in [1.807, 2.05) is 48.5 Å². The standard InChI is InChI=1S/C24H21ClN4O2S/c1-16(17-10-12-19(30)13-11-17)27-28-23(31)15-32-24-26-21-8-4-5-9-22(21)29(24)14-18-6-2-3-7-20(18)25/h2-13,30H,14-15H2,1H3,(H,28,31)/b27-16+. The fourth-order valence-corrected chi connectivity index (χ4v) is 4.19. The molecular formula is C24H21ClN4O2S. The number of halogens is 1. The summed E-state index contributed by atoms with van der Waals surface area (Å²) in [7, 11) is 0. The molecule has 2 N–H and O–H groups in total. The van der Waals surface area contributed by atoms with Gasteiger partial charge in [-0.05, 0) is 60.5 Å². The number of nitrogens with one attached hydrogen (secondary N) is 1. The van der Waals surface area contributed by atoms with E-state index in [1.165, 1.54) is 11.8 Å². The molecule has 6 nitrogen and oxygen atoms in total. The van der Waals surface area contributed by atoms with E-state index in [-0.39, 0.29) is 17.4 Å². The van der Waals surface area contributed by atoms with Crippen LogP contribution in [0.3, 0.4) is 0 Å². The molecule has 0 aliphatic rings. The Bertz CT molecular complexity index is 1280. The number of carbonyl (C=O) groups excluding carboxylic acids is 1. The van der Waals surface area contributed by atoms with Crippen LogP contribution in [0, 0.1) is 0 Å². The van der Waals surface area contributed by atoms with E-state index in [0.717, 1.165) is 27.3 Å². The SMILES string of the molecule is C/C(=N\NC(=O)CSc1nc2ccccc2n1Cc1ccccc1Cl)c1ccc(O)cc1. The van der Waals surface area contributed by atoms with Gasteiger partial charge in [-0.25, -0.2) is 10.4 Å². The highest BCUT2D eigenvalue weighted by Gasteiger charge is 2.14. The minimum Gasteiger partial charge on any atom is -0.508 e. The van der Waals surface area contributed by atoms with Crippen LogP contribution in [-0.2, 0) is 11.3 Å². The second-order valence-electron chi connectivity index (χ2n) is 7.13. The molecule has 0 radical (unpaired) electrons. The second-order valence-corrected chi connectivity index (χ2v) is 8.48. The van der Waals surface area contributed by atoms with Crippen LogP contribution in [0.5, 0.6) is 5.75 Å². The Labute approximate surface area is 194 Å². The molecule has 0 bridgehead atoms. The highest BCUT2D eigenvalue weighted by Crippen LogP contribution is 2.27. The van der Waals surface area contributed by atoms with Crippen molar-refractivity contribution in [3.05, 3.63) is 88.9 Å². The van der Waals surface area contributed by atoms with Gasteiger partial charge in [-0.2, -0.15) is 5.10 Å². The number of aromatic hydroxyl groups is 1. The third-order valence-electron chi connectivity index (χ3n) is 4.87. The van der Waals surface area contributed by atoms with Crippen molar-refractivity contribution < 1.29 is 9.90 Å². The summed E-state index contributed by atoms with van der Waals surface area (Å²) in [5, 5.41) is 15.0. The molecule has 0 unspecified atom stereocenters. The highest BCUT2D eigenvalue weighted by atomic mass is 35.5. The molecule has 0 aliphatic carbocycles. The molecule has 4 aromatic rings. The van der Waals surface area contributed by atoms with E-state index >= 15 is 0 Å². The van der Waals surface area contributed by atoms with Gasteiger partial charge in [0.15, 0.2) is 5.16 Å². The van der Waals surface area contributed by atoms with Crippen molar-refractivity contribution in [2.75, 3.05) is 5.75 Å². The zero-order valence-corrected chi connectivity index (χ0v) is 18.9. The van der Waals surface area contributed by atoms with Crippen LogP contribution in [-0.4, -0.2) is 32.0 Å². The zero-order chi connectivity index (χ0) is 22.5. The van der Waals surface area contributed by atoms with Crippen LogP contribution in [0.1, 0.15) is 18.1 Å².